The second-order valence-electron chi connectivity index (χ2n) is 7.23. The number of fused-ring (bicyclic) bond motifs is 1. The van der Waals surface area contributed by atoms with E-state index in [9.17, 15) is 17.2 Å². The molecule has 3 aromatic heterocycles. The molecule has 4 aromatic rings. The molecule has 0 aliphatic heterocycles. The molecular formula is C20H20F2N8O2S. The minimum absolute atomic E-state index is 0.117. The number of nitrogens with one attached hydrogen (secondary N) is 3. The van der Waals surface area contributed by atoms with Crippen LogP contribution in [-0.2, 0) is 10.0 Å². The molecule has 0 amide bonds. The lowest BCUT2D eigenvalue weighted by molar-refractivity contribution is 0.142. The number of halogens is 2. The van der Waals surface area contributed by atoms with Crippen molar-refractivity contribution < 1.29 is 17.2 Å². The van der Waals surface area contributed by atoms with Crippen LogP contribution in [-0.4, -0.2) is 46.9 Å². The topological polar surface area (TPSA) is 129 Å². The number of nitrogens with zero attached hydrogens (tertiary/aromatic N) is 5. The number of aryl methyl sites for hydroxylation is 1. The first-order chi connectivity index (χ1) is 15.6. The Kier molecular flexibility index (Phi) is 5.80. The summed E-state index contributed by atoms with van der Waals surface area (Å²) in [7, 11) is -2.12. The van der Waals surface area contributed by atoms with Crippen molar-refractivity contribution in [2.75, 3.05) is 28.2 Å². The molecule has 0 aliphatic rings. The number of aromatic nitrogens is 5. The quantitative estimate of drug-likeness (QED) is 0.368. The number of hydrogen-bond donors (Lipinski definition) is 3. The van der Waals surface area contributed by atoms with Crippen molar-refractivity contribution in [1.82, 2.24) is 25.1 Å². The van der Waals surface area contributed by atoms with Gasteiger partial charge in [-0.15, -0.1) is 5.10 Å². The van der Waals surface area contributed by atoms with Crippen LogP contribution in [0.3, 0.4) is 0 Å². The Morgan fingerprint density at radius 1 is 1.00 bits per heavy atom. The highest BCUT2D eigenvalue weighted by Gasteiger charge is 2.20. The molecule has 3 heterocycles. The summed E-state index contributed by atoms with van der Waals surface area (Å²) in [5.41, 5.74) is 2.15. The lowest BCUT2D eigenvalue weighted by atomic mass is 10.2. The van der Waals surface area contributed by atoms with Crippen molar-refractivity contribution in [2.45, 2.75) is 13.3 Å². The Balaban J connectivity index is 1.80. The fourth-order valence-corrected chi connectivity index (χ4v) is 3.56. The SMILES string of the molecule is Cc1ccc(Nc2cc(Nc3ccccc3N(C)S(C)(=O)=O)c3nc(C(F)F)[nH]c3n2)nn1. The van der Waals surface area contributed by atoms with Crippen molar-refractivity contribution in [1.29, 1.82) is 0 Å². The second kappa shape index (κ2) is 8.58. The van der Waals surface area contributed by atoms with E-state index in [-0.39, 0.29) is 11.2 Å². The van der Waals surface area contributed by atoms with Crippen molar-refractivity contribution in [3.8, 4) is 0 Å². The van der Waals surface area contributed by atoms with Crippen LogP contribution in [0.1, 0.15) is 17.9 Å². The van der Waals surface area contributed by atoms with Gasteiger partial charge in [0.1, 0.15) is 11.3 Å². The summed E-state index contributed by atoms with van der Waals surface area (Å²) in [5, 5.41) is 14.1. The van der Waals surface area contributed by atoms with E-state index in [1.165, 1.54) is 7.05 Å². The normalized spacial score (nSPS) is 11.7. The van der Waals surface area contributed by atoms with Gasteiger partial charge in [0.05, 0.1) is 29.0 Å². The molecule has 4 rings (SSSR count). The van der Waals surface area contributed by atoms with Gasteiger partial charge >= 0.3 is 0 Å². The van der Waals surface area contributed by atoms with Crippen molar-refractivity contribution in [2.24, 2.45) is 0 Å². The van der Waals surface area contributed by atoms with Gasteiger partial charge in [0.25, 0.3) is 6.43 Å². The number of anilines is 5. The molecule has 0 saturated carbocycles. The Labute approximate surface area is 188 Å². The Bertz CT molecular complexity index is 1410. The van der Waals surface area contributed by atoms with Crippen LogP contribution >= 0.6 is 0 Å². The lowest BCUT2D eigenvalue weighted by Gasteiger charge is -2.21. The average molecular weight is 474 g/mol. The Morgan fingerprint density at radius 2 is 1.76 bits per heavy atom. The van der Waals surface area contributed by atoms with Crippen molar-refractivity contribution in [3.63, 3.8) is 0 Å². The number of imidazole rings is 1. The predicted octanol–water partition coefficient (Wildman–Crippen LogP) is 3.88. The van der Waals surface area contributed by atoms with E-state index in [0.29, 0.717) is 28.7 Å². The number of rotatable bonds is 7. The second-order valence-corrected chi connectivity index (χ2v) is 9.25. The molecule has 0 radical (unpaired) electrons. The number of para-hydroxylation sites is 2. The van der Waals surface area contributed by atoms with Gasteiger partial charge in [0.2, 0.25) is 10.0 Å². The van der Waals surface area contributed by atoms with E-state index in [0.717, 1.165) is 16.3 Å². The number of hydrogen-bond acceptors (Lipinski definition) is 8. The molecule has 0 aliphatic carbocycles. The van der Waals surface area contributed by atoms with E-state index in [1.54, 1.807) is 49.4 Å². The average Bonchev–Trinajstić information content (AvgIpc) is 3.20. The zero-order chi connectivity index (χ0) is 23.8. The summed E-state index contributed by atoms with van der Waals surface area (Å²) >= 11 is 0. The van der Waals surface area contributed by atoms with Gasteiger partial charge < -0.3 is 15.6 Å². The fourth-order valence-electron chi connectivity index (χ4n) is 3.05. The maximum Gasteiger partial charge on any atom is 0.295 e. The van der Waals surface area contributed by atoms with E-state index < -0.39 is 22.3 Å². The first kappa shape index (κ1) is 22.3. The van der Waals surface area contributed by atoms with Gasteiger partial charge in [-0.3, -0.25) is 4.31 Å². The van der Waals surface area contributed by atoms with Crippen LogP contribution in [0.2, 0.25) is 0 Å². The summed E-state index contributed by atoms with van der Waals surface area (Å²) in [4.78, 5) is 10.8. The van der Waals surface area contributed by atoms with Crippen LogP contribution < -0.4 is 14.9 Å². The largest absolute Gasteiger partial charge is 0.352 e. The molecule has 0 unspecified atom stereocenters. The number of benzene rings is 1. The van der Waals surface area contributed by atoms with Gasteiger partial charge in [0, 0.05) is 13.1 Å². The van der Waals surface area contributed by atoms with E-state index in [2.05, 4.69) is 35.8 Å². The molecule has 0 spiro atoms. The molecule has 0 fully saturated rings. The molecule has 0 bridgehead atoms. The van der Waals surface area contributed by atoms with Crippen LogP contribution in [0.4, 0.5) is 37.5 Å². The van der Waals surface area contributed by atoms with Crippen LogP contribution in [0.5, 0.6) is 0 Å². The predicted molar refractivity (Wildman–Crippen MR) is 122 cm³/mol. The van der Waals surface area contributed by atoms with E-state index in [4.69, 9.17) is 0 Å². The van der Waals surface area contributed by atoms with Crippen LogP contribution in [0.25, 0.3) is 11.2 Å². The maximum absolute atomic E-state index is 13.3. The number of pyridine rings is 1. The highest BCUT2D eigenvalue weighted by atomic mass is 32.2. The number of H-pyrrole nitrogens is 1. The first-order valence-electron chi connectivity index (χ1n) is 9.68. The number of alkyl halides is 2. The van der Waals surface area contributed by atoms with Crippen LogP contribution in [0.15, 0.2) is 42.5 Å². The molecule has 1 aromatic carbocycles. The smallest absolute Gasteiger partial charge is 0.295 e. The number of sulfonamides is 1. The van der Waals surface area contributed by atoms with E-state index in [1.807, 2.05) is 0 Å². The third-order valence-corrected chi connectivity index (χ3v) is 5.93. The molecule has 0 saturated heterocycles. The minimum Gasteiger partial charge on any atom is -0.352 e. The van der Waals surface area contributed by atoms with Gasteiger partial charge in [-0.2, -0.15) is 5.10 Å². The van der Waals surface area contributed by atoms with Crippen molar-refractivity contribution in [3.05, 3.63) is 54.0 Å². The molecule has 13 heteroatoms. The summed E-state index contributed by atoms with van der Waals surface area (Å²) in [5.74, 6) is 0.167. The van der Waals surface area contributed by atoms with Gasteiger partial charge in [0.15, 0.2) is 17.3 Å². The van der Waals surface area contributed by atoms with Gasteiger partial charge in [-0.25, -0.2) is 27.2 Å². The van der Waals surface area contributed by atoms with E-state index >= 15 is 0 Å². The minimum atomic E-state index is -3.54. The summed E-state index contributed by atoms with van der Waals surface area (Å²) in [6.07, 6.45) is -1.74. The van der Waals surface area contributed by atoms with Crippen LogP contribution in [0, 0.1) is 6.92 Å². The molecular weight excluding hydrogens is 454 g/mol. The zero-order valence-electron chi connectivity index (χ0n) is 17.8. The Hall–Kier alpha value is -3.87. The molecule has 10 nitrogen and oxygen atoms in total. The standard InChI is InChI=1S/C20H20F2N8O2S/c1-11-8-9-15(29-28-11)24-16-10-13(17-19(25-16)27-20(26-17)18(21)22)23-12-6-4-5-7-14(12)30(2)33(3,31)32/h4-10,18H,1-3H3,(H3,23,24,25,26,27,29). The summed E-state index contributed by atoms with van der Waals surface area (Å²) in [6.45, 7) is 1.80. The summed E-state index contributed by atoms with van der Waals surface area (Å²) < 4.78 is 51.9. The summed E-state index contributed by atoms with van der Waals surface area (Å²) in [6, 6.07) is 11.7. The maximum atomic E-state index is 13.3. The molecule has 172 valence electrons. The zero-order valence-corrected chi connectivity index (χ0v) is 18.7. The highest BCUT2D eigenvalue weighted by molar-refractivity contribution is 7.92. The lowest BCUT2D eigenvalue weighted by Crippen LogP contribution is -2.25. The van der Waals surface area contributed by atoms with Gasteiger partial charge in [-0.05, 0) is 31.2 Å². The number of aromatic amines is 1. The van der Waals surface area contributed by atoms with Gasteiger partial charge in [-0.1, -0.05) is 12.1 Å². The monoisotopic (exact) mass is 474 g/mol. The van der Waals surface area contributed by atoms with Crippen molar-refractivity contribution >= 4 is 49.9 Å². The first-order valence-corrected chi connectivity index (χ1v) is 11.5. The third-order valence-electron chi connectivity index (χ3n) is 4.74. The third kappa shape index (κ3) is 4.82. The molecule has 33 heavy (non-hydrogen) atoms. The molecule has 0 atom stereocenters. The fraction of sp³-hybridized carbons (Fsp3) is 0.200. The Morgan fingerprint density at radius 3 is 2.42 bits per heavy atom. The molecule has 3 N–H and O–H groups in total. The highest BCUT2D eigenvalue weighted by Crippen LogP contribution is 2.34.